The number of nitrogens with one attached hydrogen (secondary N) is 1. The molecule has 0 bridgehead atoms. The first-order valence-electron chi connectivity index (χ1n) is 8.38. The molecule has 0 saturated carbocycles. The highest BCUT2D eigenvalue weighted by Gasteiger charge is 2.40. The lowest BCUT2D eigenvalue weighted by Crippen LogP contribution is -2.49. The average Bonchev–Trinajstić information content (AvgIpc) is 2.96. The van der Waals surface area contributed by atoms with Gasteiger partial charge in [-0.2, -0.15) is 13.2 Å². The number of alkyl halides is 3. The van der Waals surface area contributed by atoms with Crippen LogP contribution >= 0.6 is 0 Å². The Morgan fingerprint density at radius 1 is 1.28 bits per heavy atom. The van der Waals surface area contributed by atoms with Crippen molar-refractivity contribution in [3.05, 3.63) is 24.3 Å². The van der Waals surface area contributed by atoms with Gasteiger partial charge in [-0.15, -0.1) is 0 Å². The van der Waals surface area contributed by atoms with Crippen LogP contribution in [-0.2, 0) is 0 Å². The Kier molecular flexibility index (Phi) is 5.08. The van der Waals surface area contributed by atoms with Crippen LogP contribution in [0.15, 0.2) is 24.3 Å². The fourth-order valence-electron chi connectivity index (χ4n) is 3.59. The van der Waals surface area contributed by atoms with Gasteiger partial charge in [-0.05, 0) is 44.5 Å². The van der Waals surface area contributed by atoms with Crippen LogP contribution in [0.2, 0.25) is 0 Å². The third-order valence-electron chi connectivity index (χ3n) is 4.85. The summed E-state index contributed by atoms with van der Waals surface area (Å²) in [7, 11) is 2.03. The summed E-state index contributed by atoms with van der Waals surface area (Å²) in [4.78, 5) is 16.6. The SMILES string of the molecule is CN1CC[C@@H]2CCN(C(=O)Nc3ccccc3OCC(F)(F)F)[C@H]2C1. The van der Waals surface area contributed by atoms with Gasteiger partial charge in [0.05, 0.1) is 5.69 Å². The maximum Gasteiger partial charge on any atom is 0.422 e. The van der Waals surface area contributed by atoms with Gasteiger partial charge in [0, 0.05) is 19.1 Å². The maximum atomic E-state index is 12.6. The van der Waals surface area contributed by atoms with Crippen LogP contribution in [0, 0.1) is 5.92 Å². The number of benzene rings is 1. The Morgan fingerprint density at radius 3 is 2.76 bits per heavy atom. The Labute approximate surface area is 144 Å². The number of amides is 2. The highest BCUT2D eigenvalue weighted by molar-refractivity contribution is 5.91. The zero-order chi connectivity index (χ0) is 18.0. The van der Waals surface area contributed by atoms with E-state index in [1.807, 2.05) is 7.05 Å². The number of carbonyl (C=O) groups is 1. The lowest BCUT2D eigenvalue weighted by atomic mass is 9.92. The summed E-state index contributed by atoms with van der Waals surface area (Å²) in [6.45, 7) is 1.13. The topological polar surface area (TPSA) is 44.8 Å². The summed E-state index contributed by atoms with van der Waals surface area (Å²) in [5, 5.41) is 2.71. The van der Waals surface area contributed by atoms with Crippen LogP contribution in [0.1, 0.15) is 12.8 Å². The Morgan fingerprint density at radius 2 is 2.00 bits per heavy atom. The van der Waals surface area contributed by atoms with E-state index in [1.165, 1.54) is 6.07 Å². The largest absolute Gasteiger partial charge is 0.482 e. The average molecular weight is 357 g/mol. The number of urea groups is 1. The lowest BCUT2D eigenvalue weighted by molar-refractivity contribution is -0.153. The van der Waals surface area contributed by atoms with E-state index in [1.54, 1.807) is 23.1 Å². The van der Waals surface area contributed by atoms with E-state index in [0.717, 1.165) is 25.9 Å². The summed E-state index contributed by atoms with van der Waals surface area (Å²) in [5.74, 6) is 0.517. The van der Waals surface area contributed by atoms with Gasteiger partial charge in [0.1, 0.15) is 5.75 Å². The number of anilines is 1. The Hall–Kier alpha value is -1.96. The van der Waals surface area contributed by atoms with E-state index in [9.17, 15) is 18.0 Å². The number of likely N-dealkylation sites (tertiary alicyclic amines) is 2. The molecular formula is C17H22F3N3O2. The summed E-state index contributed by atoms with van der Waals surface area (Å²) in [6.07, 6.45) is -2.39. The third-order valence-corrected chi connectivity index (χ3v) is 4.85. The molecule has 1 N–H and O–H groups in total. The van der Waals surface area contributed by atoms with Crippen molar-refractivity contribution >= 4 is 11.7 Å². The number of halogens is 3. The van der Waals surface area contributed by atoms with Gasteiger partial charge in [-0.3, -0.25) is 0 Å². The number of hydrogen-bond acceptors (Lipinski definition) is 3. The number of rotatable bonds is 3. The van der Waals surface area contributed by atoms with Crippen LogP contribution in [0.5, 0.6) is 5.75 Å². The molecule has 138 valence electrons. The molecule has 2 heterocycles. The van der Waals surface area contributed by atoms with E-state index in [0.29, 0.717) is 12.5 Å². The van der Waals surface area contributed by atoms with Crippen molar-refractivity contribution in [3.8, 4) is 5.75 Å². The van der Waals surface area contributed by atoms with Crippen LogP contribution in [0.4, 0.5) is 23.7 Å². The van der Waals surface area contributed by atoms with Crippen LogP contribution in [0.3, 0.4) is 0 Å². The monoisotopic (exact) mass is 357 g/mol. The molecule has 2 atom stereocenters. The van der Waals surface area contributed by atoms with Crippen molar-refractivity contribution in [2.24, 2.45) is 5.92 Å². The molecule has 3 rings (SSSR count). The fourth-order valence-corrected chi connectivity index (χ4v) is 3.59. The van der Waals surface area contributed by atoms with Crippen molar-refractivity contribution in [1.82, 2.24) is 9.80 Å². The minimum atomic E-state index is -4.42. The molecule has 0 unspecified atom stereocenters. The first-order valence-corrected chi connectivity index (χ1v) is 8.38. The van der Waals surface area contributed by atoms with Crippen molar-refractivity contribution in [2.75, 3.05) is 38.6 Å². The van der Waals surface area contributed by atoms with Gasteiger partial charge in [0.2, 0.25) is 0 Å². The highest BCUT2D eigenvalue weighted by Crippen LogP contribution is 2.32. The molecule has 0 spiro atoms. The number of fused-ring (bicyclic) bond motifs is 1. The third kappa shape index (κ3) is 4.36. The minimum absolute atomic E-state index is 0.0182. The van der Waals surface area contributed by atoms with Gasteiger partial charge in [0.25, 0.3) is 0 Å². The second kappa shape index (κ2) is 7.11. The molecule has 1 aromatic rings. The molecule has 25 heavy (non-hydrogen) atoms. The number of ether oxygens (including phenoxy) is 1. The Bertz CT molecular complexity index is 623. The molecule has 2 amide bonds. The molecule has 8 heteroatoms. The van der Waals surface area contributed by atoms with Crippen molar-refractivity contribution in [1.29, 1.82) is 0 Å². The summed E-state index contributed by atoms with van der Waals surface area (Å²) in [5.41, 5.74) is 0.254. The number of likely N-dealkylation sites (N-methyl/N-ethyl adjacent to an activating group) is 1. The minimum Gasteiger partial charge on any atom is -0.482 e. The zero-order valence-corrected chi connectivity index (χ0v) is 14.1. The van der Waals surface area contributed by atoms with E-state index >= 15 is 0 Å². The molecule has 2 fully saturated rings. The molecule has 2 aliphatic rings. The number of carbonyl (C=O) groups excluding carboxylic acids is 1. The van der Waals surface area contributed by atoms with Crippen molar-refractivity contribution in [3.63, 3.8) is 0 Å². The quantitative estimate of drug-likeness (QED) is 0.904. The predicted molar refractivity (Wildman–Crippen MR) is 87.7 cm³/mol. The van der Waals surface area contributed by atoms with Crippen molar-refractivity contribution in [2.45, 2.75) is 25.1 Å². The van der Waals surface area contributed by atoms with E-state index < -0.39 is 12.8 Å². The van der Waals surface area contributed by atoms with E-state index in [-0.39, 0.29) is 23.5 Å². The molecular weight excluding hydrogens is 335 g/mol. The van der Waals surface area contributed by atoms with E-state index in [4.69, 9.17) is 4.74 Å². The summed E-state index contributed by atoms with van der Waals surface area (Å²) < 4.78 is 42.0. The van der Waals surface area contributed by atoms with Crippen LogP contribution in [-0.4, -0.2) is 61.3 Å². The second-order valence-electron chi connectivity index (χ2n) is 6.69. The lowest BCUT2D eigenvalue weighted by Gasteiger charge is -2.36. The molecule has 1 aromatic carbocycles. The van der Waals surface area contributed by atoms with E-state index in [2.05, 4.69) is 10.2 Å². The molecule has 0 radical (unpaired) electrons. The standard InChI is InChI=1S/C17H22F3N3O2/c1-22-8-6-12-7-9-23(14(12)10-22)16(24)21-13-4-2-3-5-15(13)25-11-17(18,19)20/h2-5,12,14H,6-11H2,1H3,(H,21,24)/t12-,14+/m1/s1. The number of piperidine rings is 1. The number of hydrogen-bond donors (Lipinski definition) is 1. The molecule has 5 nitrogen and oxygen atoms in total. The molecule has 0 aliphatic carbocycles. The summed E-state index contributed by atoms with van der Waals surface area (Å²) in [6, 6.07) is 6.06. The van der Waals surface area contributed by atoms with Gasteiger partial charge in [0.15, 0.2) is 6.61 Å². The maximum absolute atomic E-state index is 12.6. The molecule has 2 saturated heterocycles. The number of nitrogens with zero attached hydrogens (tertiary/aromatic N) is 2. The molecule has 2 aliphatic heterocycles. The van der Waals surface area contributed by atoms with Gasteiger partial charge < -0.3 is 19.9 Å². The Balaban J connectivity index is 1.67. The van der Waals surface area contributed by atoms with Crippen LogP contribution in [0.25, 0.3) is 0 Å². The van der Waals surface area contributed by atoms with Crippen molar-refractivity contribution < 1.29 is 22.7 Å². The number of para-hydroxylation sites is 2. The first-order chi connectivity index (χ1) is 11.8. The van der Waals surface area contributed by atoms with Crippen LogP contribution < -0.4 is 10.1 Å². The second-order valence-corrected chi connectivity index (χ2v) is 6.69. The predicted octanol–water partition coefficient (Wildman–Crippen LogP) is 3.19. The normalized spacial score (nSPS) is 24.1. The van der Waals surface area contributed by atoms with Gasteiger partial charge >= 0.3 is 12.2 Å². The first kappa shape index (κ1) is 17.8. The zero-order valence-electron chi connectivity index (χ0n) is 14.1. The molecule has 0 aromatic heterocycles. The fraction of sp³-hybridized carbons (Fsp3) is 0.588. The summed E-state index contributed by atoms with van der Waals surface area (Å²) >= 11 is 0. The van der Waals surface area contributed by atoms with Gasteiger partial charge in [-0.25, -0.2) is 4.79 Å². The smallest absolute Gasteiger partial charge is 0.422 e. The van der Waals surface area contributed by atoms with Gasteiger partial charge in [-0.1, -0.05) is 12.1 Å². The highest BCUT2D eigenvalue weighted by atomic mass is 19.4.